The lowest BCUT2D eigenvalue weighted by Crippen LogP contribution is -2.36. The third-order valence-corrected chi connectivity index (χ3v) is 2.34. The van der Waals surface area contributed by atoms with Crippen LogP contribution in [0.15, 0.2) is 0 Å². The number of hydrogen-bond acceptors (Lipinski definition) is 3. The number of nitrogens with two attached hydrogens (primary N) is 1. The molecule has 1 aliphatic rings. The molecule has 0 bridgehead atoms. The molecule has 0 aromatic rings. The molecule has 3 N–H and O–H groups in total. The van der Waals surface area contributed by atoms with Crippen LogP contribution in [0.5, 0.6) is 0 Å². The fourth-order valence-corrected chi connectivity index (χ4v) is 1.73. The fourth-order valence-electron chi connectivity index (χ4n) is 1.73. The molecule has 0 saturated carbocycles. The summed E-state index contributed by atoms with van der Waals surface area (Å²) in [5.41, 5.74) is 5.70. The molecule has 3 nitrogen and oxygen atoms in total. The van der Waals surface area contributed by atoms with Crippen molar-refractivity contribution in [3.8, 4) is 0 Å². The second-order valence-corrected chi connectivity index (χ2v) is 3.86. The Morgan fingerprint density at radius 1 is 1.50 bits per heavy atom. The summed E-state index contributed by atoms with van der Waals surface area (Å²) in [5.74, 6) is 0. The minimum absolute atomic E-state index is 0.0805. The minimum Gasteiger partial charge on any atom is -0.393 e. The van der Waals surface area contributed by atoms with Gasteiger partial charge in [-0.25, -0.2) is 0 Å². The molecule has 1 aliphatic heterocycles. The van der Waals surface area contributed by atoms with Gasteiger partial charge in [-0.05, 0) is 32.7 Å². The first-order chi connectivity index (χ1) is 5.68. The van der Waals surface area contributed by atoms with Crippen molar-refractivity contribution < 1.29 is 5.11 Å². The van der Waals surface area contributed by atoms with Crippen molar-refractivity contribution in [2.24, 2.45) is 5.73 Å². The lowest BCUT2D eigenvalue weighted by molar-refractivity contribution is 0.155. The zero-order chi connectivity index (χ0) is 8.97. The summed E-state index contributed by atoms with van der Waals surface area (Å²) in [6.07, 6.45) is 2.89. The molecule has 0 aromatic heterocycles. The predicted octanol–water partition coefficient (Wildman–Crippen LogP) is 0.180. The highest BCUT2D eigenvalue weighted by Gasteiger charge is 2.14. The molecule has 1 rings (SSSR count). The molecule has 72 valence electrons. The van der Waals surface area contributed by atoms with Crippen molar-refractivity contribution in [3.05, 3.63) is 0 Å². The number of aliphatic hydroxyl groups is 1. The van der Waals surface area contributed by atoms with Gasteiger partial charge in [-0.3, -0.25) is 0 Å². The van der Waals surface area contributed by atoms with Crippen LogP contribution in [-0.2, 0) is 0 Å². The van der Waals surface area contributed by atoms with Crippen LogP contribution in [0.2, 0.25) is 0 Å². The Morgan fingerprint density at radius 2 is 2.25 bits per heavy atom. The molecule has 2 atom stereocenters. The van der Waals surface area contributed by atoms with Crippen molar-refractivity contribution in [2.75, 3.05) is 19.6 Å². The Hall–Kier alpha value is -0.120. The molecule has 1 saturated heterocycles. The Kier molecular flexibility index (Phi) is 3.98. The minimum atomic E-state index is -0.0805. The fraction of sp³-hybridized carbons (Fsp3) is 1.00. The van der Waals surface area contributed by atoms with Crippen LogP contribution in [-0.4, -0.2) is 41.8 Å². The third-order valence-electron chi connectivity index (χ3n) is 2.34. The molecule has 12 heavy (non-hydrogen) atoms. The van der Waals surface area contributed by atoms with E-state index >= 15 is 0 Å². The second-order valence-electron chi connectivity index (χ2n) is 3.86. The highest BCUT2D eigenvalue weighted by molar-refractivity contribution is 4.71. The van der Waals surface area contributed by atoms with E-state index in [1.807, 2.05) is 6.92 Å². The van der Waals surface area contributed by atoms with Gasteiger partial charge in [0.1, 0.15) is 0 Å². The standard InChI is InChI=1S/C9H20N2O/c1-8(10)7-11-5-2-3-9(12)4-6-11/h8-9,12H,2-7,10H2,1H3. The van der Waals surface area contributed by atoms with Crippen LogP contribution in [0.3, 0.4) is 0 Å². The number of hydrogen-bond donors (Lipinski definition) is 2. The average Bonchev–Trinajstić information content (AvgIpc) is 2.15. The SMILES string of the molecule is CC(N)CN1CCCC(O)CC1. The highest BCUT2D eigenvalue weighted by Crippen LogP contribution is 2.10. The Morgan fingerprint density at radius 3 is 2.92 bits per heavy atom. The quantitative estimate of drug-likeness (QED) is 0.625. The number of nitrogens with zero attached hydrogens (tertiary/aromatic N) is 1. The molecular weight excluding hydrogens is 152 g/mol. The van der Waals surface area contributed by atoms with E-state index in [1.54, 1.807) is 0 Å². The summed E-state index contributed by atoms with van der Waals surface area (Å²) in [7, 11) is 0. The zero-order valence-corrected chi connectivity index (χ0v) is 7.87. The molecule has 0 radical (unpaired) electrons. The molecule has 0 amide bonds. The summed E-state index contributed by atoms with van der Waals surface area (Å²) in [6.45, 7) is 5.09. The molecule has 0 aromatic carbocycles. The van der Waals surface area contributed by atoms with E-state index < -0.39 is 0 Å². The normalized spacial score (nSPS) is 29.8. The number of likely N-dealkylation sites (tertiary alicyclic amines) is 1. The number of rotatable bonds is 2. The van der Waals surface area contributed by atoms with Gasteiger partial charge in [0, 0.05) is 19.1 Å². The molecule has 3 heteroatoms. The highest BCUT2D eigenvalue weighted by atomic mass is 16.3. The van der Waals surface area contributed by atoms with Crippen molar-refractivity contribution in [3.63, 3.8) is 0 Å². The lowest BCUT2D eigenvalue weighted by atomic mass is 10.2. The Bertz CT molecular complexity index is 128. The topological polar surface area (TPSA) is 49.5 Å². The van der Waals surface area contributed by atoms with Gasteiger partial charge < -0.3 is 15.7 Å². The van der Waals surface area contributed by atoms with Crippen LogP contribution in [0.4, 0.5) is 0 Å². The van der Waals surface area contributed by atoms with Gasteiger partial charge in [-0.15, -0.1) is 0 Å². The van der Waals surface area contributed by atoms with E-state index in [0.717, 1.165) is 38.9 Å². The monoisotopic (exact) mass is 172 g/mol. The van der Waals surface area contributed by atoms with Crippen molar-refractivity contribution >= 4 is 0 Å². The van der Waals surface area contributed by atoms with Crippen molar-refractivity contribution in [1.29, 1.82) is 0 Å². The summed E-state index contributed by atoms with van der Waals surface area (Å²) in [4.78, 5) is 2.35. The molecule has 1 fully saturated rings. The maximum absolute atomic E-state index is 9.38. The lowest BCUT2D eigenvalue weighted by Gasteiger charge is -2.21. The van der Waals surface area contributed by atoms with Crippen molar-refractivity contribution in [2.45, 2.75) is 38.3 Å². The Labute approximate surface area is 74.5 Å². The van der Waals surface area contributed by atoms with Crippen LogP contribution in [0.25, 0.3) is 0 Å². The molecule has 2 unspecified atom stereocenters. The summed E-state index contributed by atoms with van der Waals surface area (Å²) in [5, 5.41) is 9.38. The summed E-state index contributed by atoms with van der Waals surface area (Å²) >= 11 is 0. The van der Waals surface area contributed by atoms with Crippen molar-refractivity contribution in [1.82, 2.24) is 4.90 Å². The zero-order valence-electron chi connectivity index (χ0n) is 7.87. The summed E-state index contributed by atoms with van der Waals surface area (Å²) < 4.78 is 0. The van der Waals surface area contributed by atoms with Gasteiger partial charge in [0.25, 0.3) is 0 Å². The molecule has 0 spiro atoms. The Balaban J connectivity index is 2.26. The van der Waals surface area contributed by atoms with Crippen LogP contribution < -0.4 is 5.73 Å². The van der Waals surface area contributed by atoms with E-state index in [2.05, 4.69) is 4.90 Å². The van der Waals surface area contributed by atoms with E-state index in [9.17, 15) is 5.11 Å². The molecular formula is C9H20N2O. The van der Waals surface area contributed by atoms with Gasteiger partial charge in [-0.2, -0.15) is 0 Å². The maximum atomic E-state index is 9.38. The van der Waals surface area contributed by atoms with Gasteiger partial charge in [0.05, 0.1) is 6.10 Å². The number of aliphatic hydroxyl groups excluding tert-OH is 1. The second kappa shape index (κ2) is 4.80. The van der Waals surface area contributed by atoms with E-state index in [0.29, 0.717) is 0 Å². The first-order valence-corrected chi connectivity index (χ1v) is 4.84. The van der Waals surface area contributed by atoms with E-state index in [1.165, 1.54) is 0 Å². The van der Waals surface area contributed by atoms with E-state index in [-0.39, 0.29) is 12.1 Å². The van der Waals surface area contributed by atoms with Crippen LogP contribution in [0.1, 0.15) is 26.2 Å². The van der Waals surface area contributed by atoms with Gasteiger partial charge in [0.15, 0.2) is 0 Å². The van der Waals surface area contributed by atoms with Gasteiger partial charge >= 0.3 is 0 Å². The predicted molar refractivity (Wildman–Crippen MR) is 49.9 cm³/mol. The molecule has 0 aliphatic carbocycles. The maximum Gasteiger partial charge on any atom is 0.0553 e. The van der Waals surface area contributed by atoms with E-state index in [4.69, 9.17) is 5.73 Å². The van der Waals surface area contributed by atoms with Gasteiger partial charge in [0.2, 0.25) is 0 Å². The largest absolute Gasteiger partial charge is 0.393 e. The average molecular weight is 172 g/mol. The first kappa shape index (κ1) is 9.96. The molecule has 1 heterocycles. The van der Waals surface area contributed by atoms with Gasteiger partial charge in [-0.1, -0.05) is 0 Å². The van der Waals surface area contributed by atoms with Crippen LogP contribution in [0, 0.1) is 0 Å². The first-order valence-electron chi connectivity index (χ1n) is 4.84. The summed E-state index contributed by atoms with van der Waals surface area (Å²) in [6, 6.07) is 0.250. The van der Waals surface area contributed by atoms with Crippen LogP contribution >= 0.6 is 0 Å². The smallest absolute Gasteiger partial charge is 0.0553 e. The third kappa shape index (κ3) is 3.52.